The van der Waals surface area contributed by atoms with E-state index in [0.717, 1.165) is 12.0 Å². The highest BCUT2D eigenvalue weighted by molar-refractivity contribution is 6.00. The van der Waals surface area contributed by atoms with Crippen LogP contribution in [0.15, 0.2) is 12.2 Å². The lowest BCUT2D eigenvalue weighted by Gasteiger charge is -2.14. The molecule has 2 atom stereocenters. The quantitative estimate of drug-likeness (QED) is 0.523. The lowest BCUT2D eigenvalue weighted by atomic mass is 9.90. The third-order valence-electron chi connectivity index (χ3n) is 3.54. The van der Waals surface area contributed by atoms with Crippen LogP contribution < -0.4 is 0 Å². The molecule has 0 unspecified atom stereocenters. The summed E-state index contributed by atoms with van der Waals surface area (Å²) in [5.41, 5.74) is 1.26. The Hall–Kier alpha value is -0.590. The molecule has 1 heteroatoms. The maximum absolute atomic E-state index is 11.2. The second kappa shape index (κ2) is 1.77. The Morgan fingerprint density at radius 3 is 2.55 bits per heavy atom. The van der Waals surface area contributed by atoms with Gasteiger partial charge in [0.2, 0.25) is 0 Å². The molecule has 0 radical (unpaired) electrons. The second-order valence-electron chi connectivity index (χ2n) is 4.27. The molecular weight excluding hydrogens is 136 g/mol. The van der Waals surface area contributed by atoms with Gasteiger partial charge in [-0.05, 0) is 29.2 Å². The van der Waals surface area contributed by atoms with Crippen LogP contribution in [0.3, 0.4) is 0 Å². The van der Waals surface area contributed by atoms with Gasteiger partial charge in [-0.3, -0.25) is 4.79 Å². The summed E-state index contributed by atoms with van der Waals surface area (Å²) in [7, 11) is 0. The van der Waals surface area contributed by atoms with Gasteiger partial charge < -0.3 is 0 Å². The minimum atomic E-state index is 0.315. The Morgan fingerprint density at radius 1 is 1.64 bits per heavy atom. The van der Waals surface area contributed by atoms with E-state index in [1.165, 1.54) is 6.42 Å². The number of carbonyl (C=O) groups excluding carboxylic acids is 1. The van der Waals surface area contributed by atoms with Crippen LogP contribution in [0.4, 0.5) is 0 Å². The van der Waals surface area contributed by atoms with E-state index in [1.807, 2.05) is 0 Å². The number of ketones is 1. The molecular formula is C10H14O. The first-order chi connectivity index (χ1) is 5.08. The van der Waals surface area contributed by atoms with E-state index in [-0.39, 0.29) is 0 Å². The van der Waals surface area contributed by atoms with Crippen LogP contribution in [0.2, 0.25) is 0 Å². The molecule has 2 aliphatic rings. The molecule has 0 aliphatic heterocycles. The predicted molar refractivity (Wildman–Crippen MR) is 44.1 cm³/mol. The molecule has 0 aromatic heterocycles. The number of allylic oxidation sites excluding steroid dienone is 1. The summed E-state index contributed by atoms with van der Waals surface area (Å²) in [6, 6.07) is 0. The topological polar surface area (TPSA) is 17.1 Å². The number of rotatable bonds is 1. The standard InChI is InChI=1S/C10H14O/c1-6(2)10-4-8(10)7(3)9(11)5-10/h6,8H,3-5H2,1-2H3/t8-,10+/m1/s1. The molecule has 60 valence electrons. The summed E-state index contributed by atoms with van der Waals surface area (Å²) in [4.78, 5) is 11.2. The summed E-state index contributed by atoms with van der Waals surface area (Å²) in [6.07, 6.45) is 1.99. The summed E-state index contributed by atoms with van der Waals surface area (Å²) < 4.78 is 0. The highest BCUT2D eigenvalue weighted by Gasteiger charge is 2.63. The molecule has 0 amide bonds. The van der Waals surface area contributed by atoms with E-state index in [0.29, 0.717) is 23.0 Å². The van der Waals surface area contributed by atoms with Crippen molar-refractivity contribution in [1.82, 2.24) is 0 Å². The maximum Gasteiger partial charge on any atom is 0.159 e. The summed E-state index contributed by atoms with van der Waals surface area (Å²) in [5.74, 6) is 1.51. The number of fused-ring (bicyclic) bond motifs is 1. The largest absolute Gasteiger partial charge is 0.295 e. The highest BCUT2D eigenvalue weighted by Crippen LogP contribution is 2.67. The van der Waals surface area contributed by atoms with Crippen LogP contribution in [0.5, 0.6) is 0 Å². The Morgan fingerprint density at radius 2 is 2.27 bits per heavy atom. The monoisotopic (exact) mass is 150 g/mol. The Labute approximate surface area is 67.5 Å². The summed E-state index contributed by atoms with van der Waals surface area (Å²) in [6.45, 7) is 8.26. The van der Waals surface area contributed by atoms with E-state index in [4.69, 9.17) is 0 Å². The van der Waals surface area contributed by atoms with Crippen molar-refractivity contribution in [1.29, 1.82) is 0 Å². The van der Waals surface area contributed by atoms with Crippen molar-refractivity contribution in [2.75, 3.05) is 0 Å². The molecule has 2 rings (SSSR count). The van der Waals surface area contributed by atoms with Crippen LogP contribution in [0, 0.1) is 17.3 Å². The van der Waals surface area contributed by atoms with Crippen molar-refractivity contribution in [3.05, 3.63) is 12.2 Å². The minimum absolute atomic E-state index is 0.315. The molecule has 0 aromatic carbocycles. The van der Waals surface area contributed by atoms with E-state index < -0.39 is 0 Å². The molecule has 2 fully saturated rings. The van der Waals surface area contributed by atoms with Crippen molar-refractivity contribution < 1.29 is 4.79 Å². The van der Waals surface area contributed by atoms with Gasteiger partial charge in [0.15, 0.2) is 5.78 Å². The van der Waals surface area contributed by atoms with Gasteiger partial charge in [-0.25, -0.2) is 0 Å². The molecule has 0 N–H and O–H groups in total. The Balaban J connectivity index is 2.26. The molecule has 0 heterocycles. The fraction of sp³-hybridized carbons (Fsp3) is 0.700. The van der Waals surface area contributed by atoms with Gasteiger partial charge in [0.25, 0.3) is 0 Å². The number of carbonyl (C=O) groups is 1. The van der Waals surface area contributed by atoms with Crippen molar-refractivity contribution >= 4 is 5.78 Å². The van der Waals surface area contributed by atoms with Gasteiger partial charge >= 0.3 is 0 Å². The molecule has 0 aromatic rings. The third kappa shape index (κ3) is 0.688. The van der Waals surface area contributed by atoms with Crippen LogP contribution >= 0.6 is 0 Å². The number of hydrogen-bond acceptors (Lipinski definition) is 1. The molecule has 11 heavy (non-hydrogen) atoms. The maximum atomic E-state index is 11.2. The van der Waals surface area contributed by atoms with E-state index >= 15 is 0 Å². The van der Waals surface area contributed by atoms with E-state index in [9.17, 15) is 4.79 Å². The Kier molecular flexibility index (Phi) is 1.14. The molecule has 2 saturated carbocycles. The van der Waals surface area contributed by atoms with E-state index in [2.05, 4.69) is 20.4 Å². The van der Waals surface area contributed by atoms with Crippen molar-refractivity contribution in [3.8, 4) is 0 Å². The predicted octanol–water partition coefficient (Wildman–Crippen LogP) is 2.18. The second-order valence-corrected chi connectivity index (χ2v) is 4.27. The summed E-state index contributed by atoms with van der Waals surface area (Å²) >= 11 is 0. The zero-order valence-corrected chi connectivity index (χ0v) is 7.18. The lowest BCUT2D eigenvalue weighted by molar-refractivity contribution is -0.115. The average molecular weight is 150 g/mol. The fourth-order valence-corrected chi connectivity index (χ4v) is 2.44. The lowest BCUT2D eigenvalue weighted by Crippen LogP contribution is -2.10. The third-order valence-corrected chi connectivity index (χ3v) is 3.54. The van der Waals surface area contributed by atoms with Gasteiger partial charge in [0.05, 0.1) is 0 Å². The molecule has 1 nitrogen and oxygen atoms in total. The normalized spacial score (nSPS) is 41.5. The molecule has 0 bridgehead atoms. The number of hydrogen-bond donors (Lipinski definition) is 0. The zero-order chi connectivity index (χ0) is 8.22. The fourth-order valence-electron chi connectivity index (χ4n) is 2.44. The molecule has 0 spiro atoms. The number of Topliss-reactive ketones (excluding diaryl/α,β-unsaturated/α-hetero) is 1. The van der Waals surface area contributed by atoms with Crippen molar-refractivity contribution in [3.63, 3.8) is 0 Å². The molecule has 0 saturated heterocycles. The van der Waals surface area contributed by atoms with E-state index in [1.54, 1.807) is 0 Å². The van der Waals surface area contributed by atoms with Crippen molar-refractivity contribution in [2.45, 2.75) is 26.7 Å². The highest BCUT2D eigenvalue weighted by atomic mass is 16.1. The van der Waals surface area contributed by atoms with Crippen LogP contribution in [0.1, 0.15) is 26.7 Å². The van der Waals surface area contributed by atoms with Gasteiger partial charge in [-0.1, -0.05) is 20.4 Å². The minimum Gasteiger partial charge on any atom is -0.295 e. The van der Waals surface area contributed by atoms with Gasteiger partial charge in [0, 0.05) is 6.42 Å². The van der Waals surface area contributed by atoms with Crippen LogP contribution in [-0.2, 0) is 4.79 Å². The first kappa shape index (κ1) is 7.08. The average Bonchev–Trinajstić information content (AvgIpc) is 2.57. The van der Waals surface area contributed by atoms with Gasteiger partial charge in [-0.15, -0.1) is 0 Å². The first-order valence-corrected chi connectivity index (χ1v) is 4.30. The van der Waals surface area contributed by atoms with Gasteiger partial charge in [0.1, 0.15) is 0 Å². The van der Waals surface area contributed by atoms with Crippen LogP contribution in [-0.4, -0.2) is 5.78 Å². The first-order valence-electron chi connectivity index (χ1n) is 4.30. The molecule has 2 aliphatic carbocycles. The van der Waals surface area contributed by atoms with Crippen molar-refractivity contribution in [2.24, 2.45) is 17.3 Å². The zero-order valence-electron chi connectivity index (χ0n) is 7.18. The van der Waals surface area contributed by atoms with Gasteiger partial charge in [-0.2, -0.15) is 0 Å². The van der Waals surface area contributed by atoms with Crippen LogP contribution in [0.25, 0.3) is 0 Å². The summed E-state index contributed by atoms with van der Waals surface area (Å²) in [5, 5.41) is 0. The Bertz CT molecular complexity index is 239. The smallest absolute Gasteiger partial charge is 0.159 e. The SMILES string of the molecule is C=C1C(=O)C[C@]2(C(C)C)C[C@H]12.